The van der Waals surface area contributed by atoms with Crippen molar-refractivity contribution in [2.45, 2.75) is 32.7 Å². The van der Waals surface area contributed by atoms with E-state index in [1.165, 1.54) is 6.42 Å². The molecule has 1 aliphatic rings. The molecule has 3 unspecified atom stereocenters. The van der Waals surface area contributed by atoms with E-state index in [4.69, 9.17) is 18.0 Å². The Morgan fingerprint density at radius 2 is 2.11 bits per heavy atom. The van der Waals surface area contributed by atoms with E-state index in [1.54, 1.807) is 12.1 Å². The maximum absolute atomic E-state index is 14.3. The van der Waals surface area contributed by atoms with Gasteiger partial charge in [0.25, 0.3) is 0 Å². The standard InChI is InChI=1S/C14H18BrFN2S/c1-7-3-5-10(8(7)2)18-11-6-4-9(14(17)19)12(15)13(11)16/h4,6-8,10,18H,3,5H2,1-2H3,(H2,17,19). The lowest BCUT2D eigenvalue weighted by molar-refractivity contribution is 0.434. The monoisotopic (exact) mass is 344 g/mol. The second-order valence-electron chi connectivity index (χ2n) is 5.32. The minimum absolute atomic E-state index is 0.195. The second-order valence-corrected chi connectivity index (χ2v) is 6.55. The predicted molar refractivity (Wildman–Crippen MR) is 85.0 cm³/mol. The largest absolute Gasteiger partial charge is 0.389 e. The number of nitrogens with two attached hydrogens (primary N) is 1. The summed E-state index contributed by atoms with van der Waals surface area (Å²) in [7, 11) is 0. The van der Waals surface area contributed by atoms with Gasteiger partial charge in [0.05, 0.1) is 10.2 Å². The molecule has 0 aromatic heterocycles. The number of nitrogens with one attached hydrogen (secondary N) is 1. The van der Waals surface area contributed by atoms with Crippen LogP contribution in [0.25, 0.3) is 0 Å². The number of benzene rings is 1. The fraction of sp³-hybridized carbons (Fsp3) is 0.500. The molecule has 0 saturated heterocycles. The van der Waals surface area contributed by atoms with E-state index in [2.05, 4.69) is 35.1 Å². The van der Waals surface area contributed by atoms with Crippen LogP contribution in [0, 0.1) is 17.7 Å². The Labute approximate surface area is 127 Å². The molecule has 1 fully saturated rings. The number of rotatable bonds is 3. The van der Waals surface area contributed by atoms with Crippen LogP contribution in [0.5, 0.6) is 0 Å². The molecule has 2 nitrogen and oxygen atoms in total. The summed E-state index contributed by atoms with van der Waals surface area (Å²) in [6.45, 7) is 4.46. The maximum Gasteiger partial charge on any atom is 0.161 e. The minimum atomic E-state index is -0.322. The van der Waals surface area contributed by atoms with Gasteiger partial charge in [-0.05, 0) is 52.7 Å². The van der Waals surface area contributed by atoms with Crippen LogP contribution in [0.15, 0.2) is 16.6 Å². The van der Waals surface area contributed by atoms with Gasteiger partial charge >= 0.3 is 0 Å². The van der Waals surface area contributed by atoms with Gasteiger partial charge in [-0.3, -0.25) is 0 Å². The molecular weight excluding hydrogens is 327 g/mol. The predicted octanol–water partition coefficient (Wildman–Crippen LogP) is 4.07. The maximum atomic E-state index is 14.3. The van der Waals surface area contributed by atoms with Crippen molar-refractivity contribution >= 4 is 38.8 Å². The summed E-state index contributed by atoms with van der Waals surface area (Å²) in [5.74, 6) is 0.908. The van der Waals surface area contributed by atoms with Crippen molar-refractivity contribution in [1.82, 2.24) is 0 Å². The SMILES string of the molecule is CC1CCC(Nc2ccc(C(N)=S)c(Br)c2F)C1C. The molecule has 1 saturated carbocycles. The average Bonchev–Trinajstić information content (AvgIpc) is 2.66. The summed E-state index contributed by atoms with van der Waals surface area (Å²) in [5.41, 5.74) is 6.60. The van der Waals surface area contributed by atoms with Crippen molar-refractivity contribution in [1.29, 1.82) is 0 Å². The van der Waals surface area contributed by atoms with Gasteiger partial charge < -0.3 is 11.1 Å². The Morgan fingerprint density at radius 3 is 2.63 bits per heavy atom. The molecule has 0 bridgehead atoms. The zero-order valence-electron chi connectivity index (χ0n) is 11.0. The topological polar surface area (TPSA) is 38.0 Å². The highest BCUT2D eigenvalue weighted by atomic mass is 79.9. The van der Waals surface area contributed by atoms with Crippen LogP contribution in [-0.2, 0) is 0 Å². The van der Waals surface area contributed by atoms with Crippen molar-refractivity contribution < 1.29 is 4.39 Å². The first-order valence-corrected chi connectivity index (χ1v) is 7.66. The van der Waals surface area contributed by atoms with Crippen molar-refractivity contribution in [3.05, 3.63) is 28.0 Å². The van der Waals surface area contributed by atoms with Gasteiger partial charge in [0.1, 0.15) is 4.99 Å². The highest BCUT2D eigenvalue weighted by molar-refractivity contribution is 9.10. The normalized spacial score (nSPS) is 26.4. The quantitative estimate of drug-likeness (QED) is 0.811. The first-order valence-electron chi connectivity index (χ1n) is 6.46. The summed E-state index contributed by atoms with van der Waals surface area (Å²) in [6, 6.07) is 3.79. The highest BCUT2D eigenvalue weighted by Crippen LogP contribution is 2.35. The van der Waals surface area contributed by atoms with Crippen LogP contribution in [0.2, 0.25) is 0 Å². The van der Waals surface area contributed by atoms with Crippen LogP contribution in [0.3, 0.4) is 0 Å². The molecule has 3 atom stereocenters. The van der Waals surface area contributed by atoms with Gasteiger partial charge in [0.15, 0.2) is 5.82 Å². The summed E-state index contributed by atoms with van der Waals surface area (Å²) in [6.07, 6.45) is 2.27. The summed E-state index contributed by atoms with van der Waals surface area (Å²) in [4.78, 5) is 0.195. The Bertz CT molecular complexity index is 506. The zero-order valence-corrected chi connectivity index (χ0v) is 13.4. The fourth-order valence-corrected chi connectivity index (χ4v) is 3.48. The average molecular weight is 345 g/mol. The van der Waals surface area contributed by atoms with E-state index >= 15 is 0 Å². The van der Waals surface area contributed by atoms with Gasteiger partial charge in [-0.1, -0.05) is 26.1 Å². The van der Waals surface area contributed by atoms with Crippen molar-refractivity contribution in [2.75, 3.05) is 5.32 Å². The lowest BCUT2D eigenvalue weighted by Crippen LogP contribution is -2.24. The Balaban J connectivity index is 2.23. The van der Waals surface area contributed by atoms with Gasteiger partial charge in [0, 0.05) is 11.6 Å². The third-order valence-corrected chi connectivity index (χ3v) is 5.15. The van der Waals surface area contributed by atoms with Crippen LogP contribution >= 0.6 is 28.1 Å². The van der Waals surface area contributed by atoms with Crippen LogP contribution < -0.4 is 11.1 Å². The molecule has 3 N–H and O–H groups in total. The third kappa shape index (κ3) is 2.92. The van der Waals surface area contributed by atoms with E-state index in [9.17, 15) is 4.39 Å². The van der Waals surface area contributed by atoms with Crippen molar-refractivity contribution in [3.63, 3.8) is 0 Å². The molecule has 1 aliphatic carbocycles. The number of halogens is 2. The Hall–Kier alpha value is -0.680. The molecule has 0 amide bonds. The third-order valence-electron chi connectivity index (χ3n) is 4.15. The molecule has 0 radical (unpaired) electrons. The lowest BCUT2D eigenvalue weighted by atomic mass is 9.97. The van der Waals surface area contributed by atoms with Crippen molar-refractivity contribution in [2.24, 2.45) is 17.6 Å². The van der Waals surface area contributed by atoms with E-state index in [1.807, 2.05) is 0 Å². The number of hydrogen-bond donors (Lipinski definition) is 2. The molecule has 0 heterocycles. The Morgan fingerprint density at radius 1 is 1.42 bits per heavy atom. The van der Waals surface area contributed by atoms with Gasteiger partial charge in [-0.2, -0.15) is 0 Å². The first kappa shape index (κ1) is 14.7. The Kier molecular flexibility index (Phi) is 4.46. The van der Waals surface area contributed by atoms with Crippen LogP contribution in [0.1, 0.15) is 32.3 Å². The first-order chi connectivity index (χ1) is 8.91. The van der Waals surface area contributed by atoms with E-state index in [0.29, 0.717) is 33.6 Å². The van der Waals surface area contributed by atoms with E-state index in [0.717, 1.165) is 6.42 Å². The van der Waals surface area contributed by atoms with Crippen molar-refractivity contribution in [3.8, 4) is 0 Å². The lowest BCUT2D eigenvalue weighted by Gasteiger charge is -2.21. The molecule has 0 aliphatic heterocycles. The molecule has 0 spiro atoms. The summed E-state index contributed by atoms with van der Waals surface area (Å²) < 4.78 is 14.6. The smallest absolute Gasteiger partial charge is 0.161 e. The van der Waals surface area contributed by atoms with Gasteiger partial charge in [-0.25, -0.2) is 4.39 Å². The van der Waals surface area contributed by atoms with Gasteiger partial charge in [0.2, 0.25) is 0 Å². The summed E-state index contributed by atoms with van der Waals surface area (Å²) >= 11 is 8.12. The van der Waals surface area contributed by atoms with E-state index < -0.39 is 0 Å². The molecular formula is C14H18BrFN2S. The van der Waals surface area contributed by atoms with E-state index in [-0.39, 0.29) is 10.8 Å². The highest BCUT2D eigenvalue weighted by Gasteiger charge is 2.30. The number of anilines is 1. The summed E-state index contributed by atoms with van der Waals surface area (Å²) in [5, 5.41) is 3.31. The molecule has 19 heavy (non-hydrogen) atoms. The fourth-order valence-electron chi connectivity index (χ4n) is 2.62. The zero-order chi connectivity index (χ0) is 14.2. The molecule has 104 valence electrons. The molecule has 2 rings (SSSR count). The second kappa shape index (κ2) is 5.75. The molecule has 1 aromatic carbocycles. The van der Waals surface area contributed by atoms with Gasteiger partial charge in [-0.15, -0.1) is 0 Å². The molecule has 5 heteroatoms. The number of thiocarbonyl (C=S) groups is 1. The van der Waals surface area contributed by atoms with Crippen LogP contribution in [0.4, 0.5) is 10.1 Å². The number of hydrogen-bond acceptors (Lipinski definition) is 2. The molecule has 1 aromatic rings. The van der Waals surface area contributed by atoms with Crippen LogP contribution in [-0.4, -0.2) is 11.0 Å². The minimum Gasteiger partial charge on any atom is -0.389 e.